The van der Waals surface area contributed by atoms with Crippen molar-refractivity contribution in [1.82, 2.24) is 10.6 Å². The van der Waals surface area contributed by atoms with Gasteiger partial charge < -0.3 is 35.7 Å². The van der Waals surface area contributed by atoms with Gasteiger partial charge in [-0.1, -0.05) is 67.2 Å². The van der Waals surface area contributed by atoms with Crippen molar-refractivity contribution in [3.05, 3.63) is 62.6 Å². The number of hydrogen-bond donors (Lipinski definition) is 4. The van der Waals surface area contributed by atoms with Crippen LogP contribution in [0.5, 0.6) is 5.75 Å². The molecule has 12 heteroatoms. The summed E-state index contributed by atoms with van der Waals surface area (Å²) in [4.78, 5) is 25.6. The van der Waals surface area contributed by atoms with Gasteiger partial charge in [0.15, 0.2) is 0 Å². The van der Waals surface area contributed by atoms with E-state index in [1.165, 1.54) is 0 Å². The number of aliphatic hydroxyl groups is 1. The fraction of sp³-hybridized carbons (Fsp3) is 0.562. The van der Waals surface area contributed by atoms with E-state index in [1.807, 2.05) is 26.0 Å². The SMILES string of the molecule is CCC(C)C(NC(=O)CCCC(N)COCc1ccc(Cl)c(OCCCOC)c1)C(=O)NCc1ccc(Cl)c(Cl)c1.CCO. The average Bonchev–Trinajstić information content (AvgIpc) is 3.00. The van der Waals surface area contributed by atoms with Crippen LogP contribution in [0.1, 0.15) is 64.0 Å². The number of ether oxygens (including phenoxy) is 3. The molecule has 0 aliphatic heterocycles. The molecule has 2 aromatic carbocycles. The molecule has 0 aromatic heterocycles. The zero-order chi connectivity index (χ0) is 32.9. The van der Waals surface area contributed by atoms with E-state index in [1.54, 1.807) is 38.3 Å². The highest BCUT2D eigenvalue weighted by Gasteiger charge is 2.25. The molecule has 0 saturated heterocycles. The third-order valence-electron chi connectivity index (χ3n) is 6.59. The van der Waals surface area contributed by atoms with Gasteiger partial charge >= 0.3 is 0 Å². The summed E-state index contributed by atoms with van der Waals surface area (Å²) < 4.78 is 16.5. The van der Waals surface area contributed by atoms with Crippen LogP contribution in [0, 0.1) is 5.92 Å². The maximum absolute atomic E-state index is 12.9. The summed E-state index contributed by atoms with van der Waals surface area (Å²) in [6.07, 6.45) is 2.96. The number of methoxy groups -OCH3 is 1. The minimum atomic E-state index is -0.638. The van der Waals surface area contributed by atoms with E-state index in [4.69, 9.17) is 59.9 Å². The van der Waals surface area contributed by atoms with Crippen molar-refractivity contribution in [3.8, 4) is 5.75 Å². The van der Waals surface area contributed by atoms with Crippen LogP contribution >= 0.6 is 34.8 Å². The Kier molecular flexibility index (Phi) is 21.1. The van der Waals surface area contributed by atoms with Crippen LogP contribution in [0.4, 0.5) is 0 Å². The van der Waals surface area contributed by atoms with Gasteiger partial charge in [-0.25, -0.2) is 0 Å². The van der Waals surface area contributed by atoms with Crippen molar-refractivity contribution >= 4 is 46.6 Å². The molecular weight excluding hydrogens is 629 g/mol. The Morgan fingerprint density at radius 1 is 0.977 bits per heavy atom. The molecule has 248 valence electrons. The Balaban J connectivity index is 0.00000309. The zero-order valence-corrected chi connectivity index (χ0v) is 28.4. The first-order chi connectivity index (χ1) is 21.1. The zero-order valence-electron chi connectivity index (χ0n) is 26.2. The highest BCUT2D eigenvalue weighted by molar-refractivity contribution is 6.42. The second-order valence-corrected chi connectivity index (χ2v) is 11.6. The maximum Gasteiger partial charge on any atom is 0.243 e. The third kappa shape index (κ3) is 16.3. The first-order valence-corrected chi connectivity index (χ1v) is 16.0. The van der Waals surface area contributed by atoms with Gasteiger partial charge in [0.1, 0.15) is 11.8 Å². The number of benzene rings is 2. The number of nitrogens with one attached hydrogen (secondary N) is 2. The van der Waals surface area contributed by atoms with Gasteiger partial charge in [0, 0.05) is 45.8 Å². The largest absolute Gasteiger partial charge is 0.492 e. The molecule has 3 atom stereocenters. The second kappa shape index (κ2) is 23.3. The normalized spacial score (nSPS) is 12.8. The van der Waals surface area contributed by atoms with Crippen molar-refractivity contribution in [3.63, 3.8) is 0 Å². The van der Waals surface area contributed by atoms with Crippen molar-refractivity contribution in [2.24, 2.45) is 11.7 Å². The quantitative estimate of drug-likeness (QED) is 0.136. The minimum Gasteiger partial charge on any atom is -0.492 e. The van der Waals surface area contributed by atoms with E-state index in [0.29, 0.717) is 60.1 Å². The summed E-state index contributed by atoms with van der Waals surface area (Å²) in [5.74, 6) is 0.146. The lowest BCUT2D eigenvalue weighted by Gasteiger charge is -2.24. The van der Waals surface area contributed by atoms with Gasteiger partial charge in [-0.15, -0.1) is 0 Å². The molecule has 5 N–H and O–H groups in total. The number of aliphatic hydroxyl groups excluding tert-OH is 1. The first-order valence-electron chi connectivity index (χ1n) is 14.9. The number of amides is 2. The van der Waals surface area contributed by atoms with Crippen LogP contribution in [0.3, 0.4) is 0 Å². The number of carbonyl (C=O) groups is 2. The molecule has 2 rings (SSSR count). The summed E-state index contributed by atoms with van der Waals surface area (Å²) in [6, 6.07) is 9.86. The molecule has 3 unspecified atom stereocenters. The van der Waals surface area contributed by atoms with Crippen molar-refractivity contribution < 1.29 is 28.9 Å². The van der Waals surface area contributed by atoms with Crippen LogP contribution in [0.2, 0.25) is 15.1 Å². The smallest absolute Gasteiger partial charge is 0.243 e. The Morgan fingerprint density at radius 2 is 1.66 bits per heavy atom. The van der Waals surface area contributed by atoms with Gasteiger partial charge in [0.2, 0.25) is 11.8 Å². The third-order valence-corrected chi connectivity index (χ3v) is 7.64. The summed E-state index contributed by atoms with van der Waals surface area (Å²) >= 11 is 18.2. The summed E-state index contributed by atoms with van der Waals surface area (Å²) in [6.45, 7) is 7.98. The van der Waals surface area contributed by atoms with Crippen LogP contribution < -0.4 is 21.1 Å². The fourth-order valence-corrected chi connectivity index (χ4v) is 4.46. The Labute approximate surface area is 277 Å². The molecule has 0 saturated carbocycles. The van der Waals surface area contributed by atoms with E-state index in [-0.39, 0.29) is 43.3 Å². The average molecular weight is 677 g/mol. The summed E-state index contributed by atoms with van der Waals surface area (Å²) in [7, 11) is 1.65. The van der Waals surface area contributed by atoms with Gasteiger partial charge in [0.05, 0.1) is 34.9 Å². The molecule has 2 amide bonds. The lowest BCUT2D eigenvalue weighted by molar-refractivity contribution is -0.130. The van der Waals surface area contributed by atoms with Crippen LogP contribution in [0.15, 0.2) is 36.4 Å². The van der Waals surface area contributed by atoms with Gasteiger partial charge in [-0.2, -0.15) is 0 Å². The minimum absolute atomic E-state index is 0.0347. The van der Waals surface area contributed by atoms with Crippen molar-refractivity contribution in [2.75, 3.05) is 33.5 Å². The molecule has 9 nitrogen and oxygen atoms in total. The predicted octanol–water partition coefficient (Wildman–Crippen LogP) is 5.92. The lowest BCUT2D eigenvalue weighted by Crippen LogP contribution is -2.50. The van der Waals surface area contributed by atoms with Crippen molar-refractivity contribution in [2.45, 2.75) is 78.1 Å². The van der Waals surface area contributed by atoms with Crippen LogP contribution in [0.25, 0.3) is 0 Å². The fourth-order valence-electron chi connectivity index (χ4n) is 3.97. The Hall–Kier alpha value is -2.11. The van der Waals surface area contributed by atoms with E-state index in [0.717, 1.165) is 24.0 Å². The molecule has 0 aliphatic carbocycles. The topological polar surface area (TPSA) is 132 Å². The molecular formula is C32H48Cl3N3O6. The highest BCUT2D eigenvalue weighted by atomic mass is 35.5. The van der Waals surface area contributed by atoms with Crippen molar-refractivity contribution in [1.29, 1.82) is 0 Å². The number of halogens is 3. The van der Waals surface area contributed by atoms with E-state index >= 15 is 0 Å². The Bertz CT molecular complexity index is 1120. The second-order valence-electron chi connectivity index (χ2n) is 10.3. The molecule has 0 radical (unpaired) electrons. The first kappa shape index (κ1) is 39.9. The monoisotopic (exact) mass is 675 g/mol. The van der Waals surface area contributed by atoms with E-state index in [2.05, 4.69) is 10.6 Å². The lowest BCUT2D eigenvalue weighted by atomic mass is 9.97. The number of hydrogen-bond acceptors (Lipinski definition) is 7. The molecule has 2 aromatic rings. The highest BCUT2D eigenvalue weighted by Crippen LogP contribution is 2.26. The molecule has 0 heterocycles. The van der Waals surface area contributed by atoms with Crippen LogP contribution in [-0.2, 0) is 32.2 Å². The van der Waals surface area contributed by atoms with E-state index < -0.39 is 6.04 Å². The van der Waals surface area contributed by atoms with Crippen LogP contribution in [-0.4, -0.2) is 62.5 Å². The standard InChI is InChI=1S/C30H42Cl3N3O5.C2H6O/c1-4-20(2)29(30(38)35-17-21-9-11-24(31)26(33)15-21)36-28(37)8-5-7-23(34)19-40-18-22-10-12-25(32)27(16-22)41-14-6-13-39-3;1-2-3/h9-12,15-16,20,23,29H,4-8,13-14,17-19,34H2,1-3H3,(H,35,38)(H,36,37);3H,2H2,1H3. The molecule has 0 aliphatic rings. The molecule has 0 fully saturated rings. The maximum atomic E-state index is 12.9. The van der Waals surface area contributed by atoms with E-state index in [9.17, 15) is 9.59 Å². The molecule has 0 bridgehead atoms. The summed E-state index contributed by atoms with van der Waals surface area (Å²) in [5, 5.41) is 14.8. The summed E-state index contributed by atoms with van der Waals surface area (Å²) in [5.41, 5.74) is 7.96. The molecule has 44 heavy (non-hydrogen) atoms. The van der Waals surface area contributed by atoms with Gasteiger partial charge in [-0.3, -0.25) is 9.59 Å². The number of carbonyl (C=O) groups excluding carboxylic acids is 2. The molecule has 0 spiro atoms. The number of rotatable bonds is 19. The van der Waals surface area contributed by atoms with Gasteiger partial charge in [0.25, 0.3) is 0 Å². The number of nitrogens with two attached hydrogens (primary N) is 1. The van der Waals surface area contributed by atoms with Gasteiger partial charge in [-0.05, 0) is 61.1 Å². The predicted molar refractivity (Wildman–Crippen MR) is 177 cm³/mol. The Morgan fingerprint density at radius 3 is 2.32 bits per heavy atom.